The van der Waals surface area contributed by atoms with Gasteiger partial charge < -0.3 is 19.9 Å². The Morgan fingerprint density at radius 2 is 2.19 bits per heavy atom. The van der Waals surface area contributed by atoms with E-state index in [1.807, 2.05) is 18.2 Å². The average Bonchev–Trinajstić information content (AvgIpc) is 3.11. The lowest BCUT2D eigenvalue weighted by molar-refractivity contribution is -0.116. The summed E-state index contributed by atoms with van der Waals surface area (Å²) in [6, 6.07) is 5.54. The highest BCUT2D eigenvalue weighted by molar-refractivity contribution is 5.91. The van der Waals surface area contributed by atoms with Gasteiger partial charge in [-0.05, 0) is 36.6 Å². The van der Waals surface area contributed by atoms with E-state index >= 15 is 0 Å². The number of carbonyl (C=O) groups excluding carboxylic acids is 1. The fraction of sp³-hybridized carbons (Fsp3) is 0.438. The van der Waals surface area contributed by atoms with Crippen LogP contribution in [0.15, 0.2) is 24.3 Å². The Hall–Kier alpha value is -2.01. The SMILES string of the molecule is O=C(C=Cc1ccc2c(c1)OCO2)NCC1CCCC1O. The van der Waals surface area contributed by atoms with E-state index in [0.717, 1.165) is 30.6 Å². The van der Waals surface area contributed by atoms with Crippen molar-refractivity contribution in [1.82, 2.24) is 5.32 Å². The molecule has 1 heterocycles. The molecule has 2 aliphatic rings. The van der Waals surface area contributed by atoms with Crippen molar-refractivity contribution in [2.45, 2.75) is 25.4 Å². The molecule has 2 N–H and O–H groups in total. The molecule has 1 aromatic rings. The second-order valence-corrected chi connectivity index (χ2v) is 5.45. The molecule has 112 valence electrons. The first-order chi connectivity index (χ1) is 10.2. The van der Waals surface area contributed by atoms with E-state index in [2.05, 4.69) is 5.32 Å². The second kappa shape index (κ2) is 6.18. The summed E-state index contributed by atoms with van der Waals surface area (Å²) >= 11 is 0. The Bertz CT molecular complexity index is 555. The molecule has 1 aromatic carbocycles. The van der Waals surface area contributed by atoms with Crippen molar-refractivity contribution >= 4 is 12.0 Å². The summed E-state index contributed by atoms with van der Waals surface area (Å²) in [7, 11) is 0. The van der Waals surface area contributed by atoms with Gasteiger partial charge in [0.15, 0.2) is 11.5 Å². The zero-order valence-electron chi connectivity index (χ0n) is 11.7. The summed E-state index contributed by atoms with van der Waals surface area (Å²) in [6.07, 6.45) is 5.82. The number of fused-ring (bicyclic) bond motifs is 1. The molecule has 1 amide bonds. The van der Waals surface area contributed by atoms with Gasteiger partial charge in [-0.15, -0.1) is 0 Å². The third-order valence-corrected chi connectivity index (χ3v) is 3.98. The topological polar surface area (TPSA) is 67.8 Å². The minimum Gasteiger partial charge on any atom is -0.454 e. The van der Waals surface area contributed by atoms with Crippen molar-refractivity contribution in [3.63, 3.8) is 0 Å². The highest BCUT2D eigenvalue weighted by atomic mass is 16.7. The van der Waals surface area contributed by atoms with E-state index in [-0.39, 0.29) is 24.7 Å². The number of aliphatic hydroxyl groups excluding tert-OH is 1. The molecule has 0 bridgehead atoms. The van der Waals surface area contributed by atoms with E-state index < -0.39 is 0 Å². The molecule has 2 unspecified atom stereocenters. The van der Waals surface area contributed by atoms with Crippen LogP contribution >= 0.6 is 0 Å². The van der Waals surface area contributed by atoms with Crippen LogP contribution in [-0.2, 0) is 4.79 Å². The zero-order valence-corrected chi connectivity index (χ0v) is 11.7. The molecule has 5 heteroatoms. The summed E-state index contributed by atoms with van der Waals surface area (Å²) in [4.78, 5) is 11.8. The molecular formula is C16H19NO4. The number of hydrogen-bond donors (Lipinski definition) is 2. The fourth-order valence-electron chi connectivity index (χ4n) is 2.73. The summed E-state index contributed by atoms with van der Waals surface area (Å²) in [5.74, 6) is 1.47. The molecule has 1 aliphatic carbocycles. The summed E-state index contributed by atoms with van der Waals surface area (Å²) < 4.78 is 10.5. The average molecular weight is 289 g/mol. The van der Waals surface area contributed by atoms with Crippen molar-refractivity contribution in [3.8, 4) is 11.5 Å². The van der Waals surface area contributed by atoms with Crippen LogP contribution in [0.2, 0.25) is 0 Å². The largest absolute Gasteiger partial charge is 0.454 e. The van der Waals surface area contributed by atoms with Crippen LogP contribution in [0.25, 0.3) is 6.08 Å². The van der Waals surface area contributed by atoms with Gasteiger partial charge in [0.05, 0.1) is 6.10 Å². The fourth-order valence-corrected chi connectivity index (χ4v) is 2.73. The molecule has 5 nitrogen and oxygen atoms in total. The molecule has 21 heavy (non-hydrogen) atoms. The molecule has 1 aliphatic heterocycles. The van der Waals surface area contributed by atoms with E-state index in [0.29, 0.717) is 12.3 Å². The lowest BCUT2D eigenvalue weighted by atomic mass is 10.1. The first-order valence-electron chi connectivity index (χ1n) is 7.26. The number of benzene rings is 1. The van der Waals surface area contributed by atoms with Crippen molar-refractivity contribution in [1.29, 1.82) is 0 Å². The molecule has 3 rings (SSSR count). The maximum atomic E-state index is 11.8. The summed E-state index contributed by atoms with van der Waals surface area (Å²) in [5, 5.41) is 12.5. The minimum absolute atomic E-state index is 0.147. The number of ether oxygens (including phenoxy) is 2. The molecular weight excluding hydrogens is 270 g/mol. The number of nitrogens with one attached hydrogen (secondary N) is 1. The third kappa shape index (κ3) is 3.36. The van der Waals surface area contributed by atoms with Gasteiger partial charge in [0, 0.05) is 18.5 Å². The quantitative estimate of drug-likeness (QED) is 0.828. The number of rotatable bonds is 4. The lowest BCUT2D eigenvalue weighted by Crippen LogP contribution is -2.31. The van der Waals surface area contributed by atoms with Crippen LogP contribution in [0.4, 0.5) is 0 Å². The van der Waals surface area contributed by atoms with E-state index in [4.69, 9.17) is 9.47 Å². The van der Waals surface area contributed by atoms with Crippen LogP contribution in [0, 0.1) is 5.92 Å². The maximum absolute atomic E-state index is 11.8. The monoisotopic (exact) mass is 289 g/mol. The Morgan fingerprint density at radius 1 is 1.33 bits per heavy atom. The van der Waals surface area contributed by atoms with Gasteiger partial charge in [0.2, 0.25) is 12.7 Å². The number of carbonyl (C=O) groups is 1. The van der Waals surface area contributed by atoms with Gasteiger partial charge in [-0.2, -0.15) is 0 Å². The van der Waals surface area contributed by atoms with Gasteiger partial charge in [-0.1, -0.05) is 12.5 Å². The predicted octanol–water partition coefficient (Wildman–Crippen LogP) is 1.71. The number of amides is 1. The molecule has 0 spiro atoms. The number of aliphatic hydroxyl groups is 1. The second-order valence-electron chi connectivity index (χ2n) is 5.45. The molecule has 1 saturated carbocycles. The minimum atomic E-state index is -0.275. The molecule has 1 fully saturated rings. The van der Waals surface area contributed by atoms with Crippen LogP contribution in [0.1, 0.15) is 24.8 Å². The molecule has 0 saturated heterocycles. The lowest BCUT2D eigenvalue weighted by Gasteiger charge is -2.13. The van der Waals surface area contributed by atoms with E-state index in [1.165, 1.54) is 6.08 Å². The van der Waals surface area contributed by atoms with Crippen molar-refractivity contribution in [3.05, 3.63) is 29.8 Å². The van der Waals surface area contributed by atoms with Crippen molar-refractivity contribution in [2.24, 2.45) is 5.92 Å². The Balaban J connectivity index is 1.52. The van der Waals surface area contributed by atoms with Crippen molar-refractivity contribution in [2.75, 3.05) is 13.3 Å². The van der Waals surface area contributed by atoms with Crippen LogP contribution < -0.4 is 14.8 Å². The third-order valence-electron chi connectivity index (χ3n) is 3.98. The highest BCUT2D eigenvalue weighted by Crippen LogP contribution is 2.32. The standard InChI is InChI=1S/C16H19NO4/c18-13-3-1-2-12(13)9-17-16(19)7-5-11-4-6-14-15(8-11)21-10-20-14/h4-8,12-13,18H,1-3,9-10H2,(H,17,19). The number of hydrogen-bond acceptors (Lipinski definition) is 4. The van der Waals surface area contributed by atoms with Gasteiger partial charge in [0.1, 0.15) is 0 Å². The van der Waals surface area contributed by atoms with Gasteiger partial charge in [-0.25, -0.2) is 0 Å². The first kappa shape index (κ1) is 13.9. The zero-order chi connectivity index (χ0) is 14.7. The molecule has 0 radical (unpaired) electrons. The van der Waals surface area contributed by atoms with Gasteiger partial charge >= 0.3 is 0 Å². The maximum Gasteiger partial charge on any atom is 0.244 e. The highest BCUT2D eigenvalue weighted by Gasteiger charge is 2.24. The van der Waals surface area contributed by atoms with Crippen LogP contribution in [-0.4, -0.2) is 30.5 Å². The van der Waals surface area contributed by atoms with Gasteiger partial charge in [-0.3, -0.25) is 4.79 Å². The predicted molar refractivity (Wildman–Crippen MR) is 78.0 cm³/mol. The Morgan fingerprint density at radius 3 is 3.00 bits per heavy atom. The molecule has 0 aromatic heterocycles. The normalized spacial score (nSPS) is 23.7. The van der Waals surface area contributed by atoms with Crippen molar-refractivity contribution < 1.29 is 19.4 Å². The summed E-state index contributed by atoms with van der Waals surface area (Å²) in [6.45, 7) is 0.776. The van der Waals surface area contributed by atoms with E-state index in [9.17, 15) is 9.90 Å². The van der Waals surface area contributed by atoms with E-state index in [1.54, 1.807) is 6.08 Å². The van der Waals surface area contributed by atoms with Crippen LogP contribution in [0.5, 0.6) is 11.5 Å². The van der Waals surface area contributed by atoms with Crippen LogP contribution in [0.3, 0.4) is 0 Å². The first-order valence-corrected chi connectivity index (χ1v) is 7.26. The summed E-state index contributed by atoms with van der Waals surface area (Å²) in [5.41, 5.74) is 0.885. The smallest absolute Gasteiger partial charge is 0.244 e. The molecule has 2 atom stereocenters. The Labute approximate surface area is 123 Å². The van der Waals surface area contributed by atoms with Gasteiger partial charge in [0.25, 0.3) is 0 Å². The Kier molecular flexibility index (Phi) is 4.10.